The normalized spacial score (nSPS) is 12.8. The summed E-state index contributed by atoms with van der Waals surface area (Å²) in [6.07, 6.45) is -3.54. The van der Waals surface area contributed by atoms with E-state index in [1.165, 1.54) is 12.1 Å². The summed E-state index contributed by atoms with van der Waals surface area (Å²) in [5, 5.41) is 12.0. The Morgan fingerprint density at radius 2 is 1.68 bits per heavy atom. The molecule has 0 aromatic heterocycles. The van der Waals surface area contributed by atoms with Crippen LogP contribution in [0.5, 0.6) is 0 Å². The number of rotatable bonds is 8. The Kier molecular flexibility index (Phi) is 6.58. The Morgan fingerprint density at radius 3 is 2.32 bits per heavy atom. The van der Waals surface area contributed by atoms with Crippen molar-refractivity contribution in [2.45, 2.75) is 38.0 Å². The SMILES string of the molecule is O=C(O)CCC(Cc1ccccc1)NCc1ccccc1C(F)(F)F. The number of hydrogen-bond donors (Lipinski definition) is 2. The van der Waals surface area contributed by atoms with Crippen molar-refractivity contribution in [1.29, 1.82) is 0 Å². The van der Waals surface area contributed by atoms with Gasteiger partial charge in [0.05, 0.1) is 5.56 Å². The Balaban J connectivity index is 2.08. The molecule has 1 unspecified atom stereocenters. The number of halogens is 3. The minimum atomic E-state index is -4.41. The molecule has 0 heterocycles. The molecule has 2 N–H and O–H groups in total. The fourth-order valence-electron chi connectivity index (χ4n) is 2.68. The Hall–Kier alpha value is -2.34. The summed E-state index contributed by atoms with van der Waals surface area (Å²) >= 11 is 0. The summed E-state index contributed by atoms with van der Waals surface area (Å²) in [6, 6.07) is 14.7. The maximum atomic E-state index is 13.1. The van der Waals surface area contributed by atoms with E-state index in [9.17, 15) is 18.0 Å². The molecule has 0 aliphatic heterocycles. The first-order chi connectivity index (χ1) is 11.9. The molecule has 134 valence electrons. The van der Waals surface area contributed by atoms with E-state index in [1.807, 2.05) is 30.3 Å². The maximum Gasteiger partial charge on any atom is 0.416 e. The van der Waals surface area contributed by atoms with Crippen LogP contribution in [0.15, 0.2) is 54.6 Å². The zero-order valence-corrected chi connectivity index (χ0v) is 13.6. The summed E-state index contributed by atoms with van der Waals surface area (Å²) in [7, 11) is 0. The highest BCUT2D eigenvalue weighted by Gasteiger charge is 2.32. The van der Waals surface area contributed by atoms with Gasteiger partial charge in [-0.2, -0.15) is 13.2 Å². The number of alkyl halides is 3. The summed E-state index contributed by atoms with van der Waals surface area (Å²) in [6.45, 7) is 0.0345. The van der Waals surface area contributed by atoms with Crippen molar-refractivity contribution in [3.63, 3.8) is 0 Å². The average molecular weight is 351 g/mol. The van der Waals surface area contributed by atoms with Crippen LogP contribution < -0.4 is 5.32 Å². The summed E-state index contributed by atoms with van der Waals surface area (Å²) in [5.74, 6) is -0.921. The maximum absolute atomic E-state index is 13.1. The van der Waals surface area contributed by atoms with Gasteiger partial charge in [-0.3, -0.25) is 4.79 Å². The number of carbonyl (C=O) groups is 1. The van der Waals surface area contributed by atoms with Crippen LogP contribution in [0.3, 0.4) is 0 Å². The highest BCUT2D eigenvalue weighted by molar-refractivity contribution is 5.66. The van der Waals surface area contributed by atoms with E-state index >= 15 is 0 Å². The molecule has 25 heavy (non-hydrogen) atoms. The van der Waals surface area contributed by atoms with Crippen molar-refractivity contribution >= 4 is 5.97 Å². The second-order valence-corrected chi connectivity index (χ2v) is 5.85. The van der Waals surface area contributed by atoms with Gasteiger partial charge in [-0.1, -0.05) is 48.5 Å². The second kappa shape index (κ2) is 8.67. The third-order valence-electron chi connectivity index (χ3n) is 3.94. The molecule has 2 aromatic rings. The first-order valence-corrected chi connectivity index (χ1v) is 8.00. The van der Waals surface area contributed by atoms with Crippen molar-refractivity contribution in [3.05, 3.63) is 71.3 Å². The number of carboxylic acids is 1. The molecular weight excluding hydrogens is 331 g/mol. The van der Waals surface area contributed by atoms with Gasteiger partial charge in [0.2, 0.25) is 0 Å². The molecule has 0 saturated carbocycles. The lowest BCUT2D eigenvalue weighted by Crippen LogP contribution is -2.32. The van der Waals surface area contributed by atoms with Crippen molar-refractivity contribution in [3.8, 4) is 0 Å². The lowest BCUT2D eigenvalue weighted by Gasteiger charge is -2.20. The van der Waals surface area contributed by atoms with Gasteiger partial charge in [-0.05, 0) is 30.0 Å². The number of aliphatic carboxylic acids is 1. The summed E-state index contributed by atoms with van der Waals surface area (Å²) in [4.78, 5) is 10.8. The first kappa shape index (κ1) is 19.0. The highest BCUT2D eigenvalue weighted by Crippen LogP contribution is 2.31. The van der Waals surface area contributed by atoms with E-state index in [2.05, 4.69) is 5.32 Å². The smallest absolute Gasteiger partial charge is 0.416 e. The Morgan fingerprint density at radius 1 is 1.04 bits per heavy atom. The molecule has 1 atom stereocenters. The Bertz CT molecular complexity index is 687. The molecular formula is C19H20F3NO2. The van der Waals surface area contributed by atoms with Crippen LogP contribution in [0.1, 0.15) is 29.5 Å². The minimum absolute atomic E-state index is 0.0345. The van der Waals surface area contributed by atoms with Gasteiger partial charge in [0.15, 0.2) is 0 Å². The quantitative estimate of drug-likeness (QED) is 0.747. The van der Waals surface area contributed by atoms with Crippen LogP contribution in [0.2, 0.25) is 0 Å². The van der Waals surface area contributed by atoms with E-state index in [1.54, 1.807) is 6.07 Å². The molecule has 0 amide bonds. The third-order valence-corrected chi connectivity index (χ3v) is 3.94. The predicted molar refractivity (Wildman–Crippen MR) is 89.1 cm³/mol. The molecule has 0 radical (unpaired) electrons. The molecule has 0 bridgehead atoms. The minimum Gasteiger partial charge on any atom is -0.481 e. The van der Waals surface area contributed by atoms with Crippen molar-refractivity contribution in [1.82, 2.24) is 5.32 Å². The van der Waals surface area contributed by atoms with Crippen LogP contribution in [0.25, 0.3) is 0 Å². The average Bonchev–Trinajstić information content (AvgIpc) is 2.57. The van der Waals surface area contributed by atoms with Crippen molar-refractivity contribution in [2.24, 2.45) is 0 Å². The number of nitrogens with one attached hydrogen (secondary N) is 1. The number of carboxylic acid groups (broad SMARTS) is 1. The molecule has 0 fully saturated rings. The monoisotopic (exact) mass is 351 g/mol. The van der Waals surface area contributed by atoms with Crippen LogP contribution in [0, 0.1) is 0 Å². The van der Waals surface area contributed by atoms with E-state index in [0.29, 0.717) is 12.8 Å². The third kappa shape index (κ3) is 6.23. The van der Waals surface area contributed by atoms with Crippen molar-refractivity contribution in [2.75, 3.05) is 0 Å². The fourth-order valence-corrected chi connectivity index (χ4v) is 2.68. The van der Waals surface area contributed by atoms with E-state index in [4.69, 9.17) is 5.11 Å². The van der Waals surface area contributed by atoms with Crippen LogP contribution in [0.4, 0.5) is 13.2 Å². The fraction of sp³-hybridized carbons (Fsp3) is 0.316. The van der Waals surface area contributed by atoms with Gasteiger partial charge in [0.1, 0.15) is 0 Å². The topological polar surface area (TPSA) is 49.3 Å². The molecule has 2 rings (SSSR count). The standard InChI is InChI=1S/C19H20F3NO2/c20-19(21,22)17-9-5-4-8-15(17)13-23-16(10-11-18(24)25)12-14-6-2-1-3-7-14/h1-9,16,23H,10-13H2,(H,24,25). The van der Waals surface area contributed by atoms with E-state index in [-0.39, 0.29) is 24.6 Å². The molecule has 0 spiro atoms. The highest BCUT2D eigenvalue weighted by atomic mass is 19.4. The molecule has 3 nitrogen and oxygen atoms in total. The van der Waals surface area contributed by atoms with E-state index < -0.39 is 17.7 Å². The molecule has 6 heteroatoms. The van der Waals surface area contributed by atoms with Crippen LogP contribution in [-0.2, 0) is 23.9 Å². The van der Waals surface area contributed by atoms with Gasteiger partial charge < -0.3 is 10.4 Å². The van der Waals surface area contributed by atoms with E-state index in [0.717, 1.165) is 11.6 Å². The van der Waals surface area contributed by atoms with Gasteiger partial charge in [-0.15, -0.1) is 0 Å². The molecule has 0 aliphatic rings. The summed E-state index contributed by atoms with van der Waals surface area (Å²) in [5.41, 5.74) is 0.497. The number of hydrogen-bond acceptors (Lipinski definition) is 2. The Labute approximate surface area is 144 Å². The number of benzene rings is 2. The predicted octanol–water partition coefficient (Wildman–Crippen LogP) is 4.27. The molecule has 0 aliphatic carbocycles. The van der Waals surface area contributed by atoms with Gasteiger partial charge >= 0.3 is 12.1 Å². The van der Waals surface area contributed by atoms with Gasteiger partial charge in [0.25, 0.3) is 0 Å². The zero-order valence-electron chi connectivity index (χ0n) is 13.6. The lowest BCUT2D eigenvalue weighted by atomic mass is 10.0. The summed E-state index contributed by atoms with van der Waals surface area (Å²) < 4.78 is 39.2. The molecule has 2 aromatic carbocycles. The molecule has 0 saturated heterocycles. The van der Waals surface area contributed by atoms with Gasteiger partial charge in [-0.25, -0.2) is 0 Å². The first-order valence-electron chi connectivity index (χ1n) is 8.00. The van der Waals surface area contributed by atoms with Crippen molar-refractivity contribution < 1.29 is 23.1 Å². The second-order valence-electron chi connectivity index (χ2n) is 5.85. The zero-order chi connectivity index (χ0) is 18.3. The lowest BCUT2D eigenvalue weighted by molar-refractivity contribution is -0.138. The largest absolute Gasteiger partial charge is 0.481 e. The van der Waals surface area contributed by atoms with Crippen LogP contribution >= 0.6 is 0 Å². The van der Waals surface area contributed by atoms with Crippen LogP contribution in [-0.4, -0.2) is 17.1 Å². The van der Waals surface area contributed by atoms with Gasteiger partial charge in [0, 0.05) is 19.0 Å².